The maximum atomic E-state index is 13.1. The quantitative estimate of drug-likeness (QED) is 0.649. The summed E-state index contributed by atoms with van der Waals surface area (Å²) in [5.41, 5.74) is 1.00. The molecule has 4 nitrogen and oxygen atoms in total. The molecule has 1 aromatic heterocycles. The highest BCUT2D eigenvalue weighted by molar-refractivity contribution is 9.10. The summed E-state index contributed by atoms with van der Waals surface area (Å²) in [7, 11) is 0. The molecule has 1 aromatic carbocycles. The largest absolute Gasteiger partial charge is 0.338 e. The third-order valence-electron chi connectivity index (χ3n) is 3.90. The Hall–Kier alpha value is -2.14. The molecule has 0 atom stereocenters. The number of unbranched alkanes of at least 4 members (excludes halogenated alkanes) is 1. The first kappa shape index (κ1) is 19.2. The fourth-order valence-corrected chi connectivity index (χ4v) is 2.95. The summed E-state index contributed by atoms with van der Waals surface area (Å²) in [5.74, 6) is -0.135. The molecule has 0 N–H and O–H groups in total. The summed E-state index contributed by atoms with van der Waals surface area (Å²) >= 11 is 3.44. The standard InChI is InChI=1S/C20H23BrN2O2/c1-3-5-12-22(4-2)20(25)18(23-13-7-6-11-19(23)24)15-16-9-8-10-17(21)14-16/h6-11,13-15H,3-5,12H2,1-2H3. The second-order valence-electron chi connectivity index (χ2n) is 5.73. The molecule has 0 aliphatic heterocycles. The molecule has 2 aromatic rings. The average molecular weight is 403 g/mol. The van der Waals surface area contributed by atoms with E-state index < -0.39 is 0 Å². The summed E-state index contributed by atoms with van der Waals surface area (Å²) in [6.45, 7) is 5.34. The number of halogens is 1. The second-order valence-corrected chi connectivity index (χ2v) is 6.65. The summed E-state index contributed by atoms with van der Waals surface area (Å²) in [6.07, 6.45) is 5.36. The number of rotatable bonds is 7. The van der Waals surface area contributed by atoms with Crippen molar-refractivity contribution in [1.82, 2.24) is 9.47 Å². The smallest absolute Gasteiger partial charge is 0.270 e. The Balaban J connectivity index is 2.51. The maximum absolute atomic E-state index is 13.1. The fourth-order valence-electron chi connectivity index (χ4n) is 2.53. The van der Waals surface area contributed by atoms with Crippen molar-refractivity contribution in [1.29, 1.82) is 0 Å². The number of pyridine rings is 1. The van der Waals surface area contributed by atoms with Crippen LogP contribution in [0.15, 0.2) is 57.9 Å². The van der Waals surface area contributed by atoms with Crippen LogP contribution in [0.4, 0.5) is 0 Å². The molecular formula is C20H23BrN2O2. The van der Waals surface area contributed by atoms with Crippen LogP contribution in [0, 0.1) is 0 Å². The van der Waals surface area contributed by atoms with E-state index in [0.717, 1.165) is 22.9 Å². The van der Waals surface area contributed by atoms with E-state index >= 15 is 0 Å². The number of aromatic nitrogens is 1. The Morgan fingerprint density at radius 3 is 2.64 bits per heavy atom. The van der Waals surface area contributed by atoms with Gasteiger partial charge in [-0.25, -0.2) is 0 Å². The zero-order valence-electron chi connectivity index (χ0n) is 14.6. The Morgan fingerprint density at radius 1 is 1.20 bits per heavy atom. The Kier molecular flexibility index (Phi) is 7.19. The molecule has 0 bridgehead atoms. The minimum atomic E-state index is -0.219. The van der Waals surface area contributed by atoms with Crippen LogP contribution >= 0.6 is 15.9 Å². The average Bonchev–Trinajstić information content (AvgIpc) is 2.61. The molecule has 2 rings (SSSR count). The third kappa shape index (κ3) is 5.16. The van der Waals surface area contributed by atoms with Gasteiger partial charge in [-0.05, 0) is 43.2 Å². The van der Waals surface area contributed by atoms with Crippen LogP contribution < -0.4 is 5.56 Å². The molecule has 1 amide bonds. The number of nitrogens with zero attached hydrogens (tertiary/aromatic N) is 2. The third-order valence-corrected chi connectivity index (χ3v) is 4.40. The van der Waals surface area contributed by atoms with Crippen LogP contribution in [-0.2, 0) is 4.79 Å². The van der Waals surface area contributed by atoms with Gasteiger partial charge < -0.3 is 4.90 Å². The van der Waals surface area contributed by atoms with Crippen molar-refractivity contribution in [3.8, 4) is 0 Å². The molecule has 0 saturated heterocycles. The van der Waals surface area contributed by atoms with Crippen molar-refractivity contribution in [2.75, 3.05) is 13.1 Å². The van der Waals surface area contributed by atoms with Gasteiger partial charge in [-0.3, -0.25) is 14.2 Å². The lowest BCUT2D eigenvalue weighted by Crippen LogP contribution is -2.35. The van der Waals surface area contributed by atoms with E-state index in [1.54, 1.807) is 29.3 Å². The van der Waals surface area contributed by atoms with Gasteiger partial charge in [0.05, 0.1) is 0 Å². The number of hydrogen-bond acceptors (Lipinski definition) is 2. The van der Waals surface area contributed by atoms with Crippen molar-refractivity contribution in [2.24, 2.45) is 0 Å². The molecule has 0 spiro atoms. The number of carbonyl (C=O) groups excluding carboxylic acids is 1. The highest BCUT2D eigenvalue weighted by atomic mass is 79.9. The van der Waals surface area contributed by atoms with Crippen molar-refractivity contribution in [3.63, 3.8) is 0 Å². The predicted octanol–water partition coefficient (Wildman–Crippen LogP) is 4.26. The van der Waals surface area contributed by atoms with Crippen LogP contribution in [0.25, 0.3) is 11.8 Å². The van der Waals surface area contributed by atoms with Gasteiger partial charge in [0, 0.05) is 29.8 Å². The van der Waals surface area contributed by atoms with Crippen LogP contribution in [0.1, 0.15) is 32.3 Å². The molecule has 0 saturated carbocycles. The minimum Gasteiger partial charge on any atom is -0.338 e. The molecule has 0 radical (unpaired) electrons. The van der Waals surface area contributed by atoms with Gasteiger partial charge >= 0.3 is 0 Å². The molecule has 0 aliphatic carbocycles. The van der Waals surface area contributed by atoms with Crippen LogP contribution in [0.3, 0.4) is 0 Å². The lowest BCUT2D eigenvalue weighted by Gasteiger charge is -2.23. The number of amides is 1. The van der Waals surface area contributed by atoms with Gasteiger partial charge in [-0.2, -0.15) is 0 Å². The highest BCUT2D eigenvalue weighted by Crippen LogP contribution is 2.17. The molecular weight excluding hydrogens is 380 g/mol. The summed E-state index contributed by atoms with van der Waals surface area (Å²) in [6, 6.07) is 12.6. The number of benzene rings is 1. The molecule has 1 heterocycles. The number of carbonyl (C=O) groups is 1. The molecule has 132 valence electrons. The normalized spacial score (nSPS) is 11.4. The SMILES string of the molecule is CCCCN(CC)C(=O)C(=Cc1cccc(Br)c1)n1ccccc1=O. The van der Waals surface area contributed by atoms with Gasteiger partial charge in [0.2, 0.25) is 0 Å². The first-order valence-corrected chi connectivity index (χ1v) is 9.30. The lowest BCUT2D eigenvalue weighted by molar-refractivity contribution is -0.125. The van der Waals surface area contributed by atoms with E-state index in [2.05, 4.69) is 22.9 Å². The minimum absolute atomic E-state index is 0.135. The number of hydrogen-bond donors (Lipinski definition) is 0. The van der Waals surface area contributed by atoms with Gasteiger partial charge in [-0.15, -0.1) is 0 Å². The van der Waals surface area contributed by atoms with Crippen molar-refractivity contribution in [3.05, 3.63) is 69.1 Å². The van der Waals surface area contributed by atoms with Crippen molar-refractivity contribution in [2.45, 2.75) is 26.7 Å². The van der Waals surface area contributed by atoms with Crippen molar-refractivity contribution < 1.29 is 4.79 Å². The molecule has 0 unspecified atom stereocenters. The molecule has 25 heavy (non-hydrogen) atoms. The fraction of sp³-hybridized carbons (Fsp3) is 0.300. The van der Waals surface area contributed by atoms with E-state index in [9.17, 15) is 9.59 Å². The zero-order chi connectivity index (χ0) is 18.2. The Bertz CT molecular complexity index is 811. The van der Waals surface area contributed by atoms with Gasteiger partial charge in [0.25, 0.3) is 11.5 Å². The zero-order valence-corrected chi connectivity index (χ0v) is 16.2. The summed E-state index contributed by atoms with van der Waals surface area (Å²) in [5, 5.41) is 0. The van der Waals surface area contributed by atoms with E-state index in [-0.39, 0.29) is 11.5 Å². The van der Waals surface area contributed by atoms with Crippen LogP contribution in [0.2, 0.25) is 0 Å². The van der Waals surface area contributed by atoms with Crippen molar-refractivity contribution >= 4 is 33.6 Å². The van der Waals surface area contributed by atoms with Gasteiger partial charge in [0.1, 0.15) is 5.70 Å². The Morgan fingerprint density at radius 2 is 2.00 bits per heavy atom. The van der Waals surface area contributed by atoms with Gasteiger partial charge in [0.15, 0.2) is 0 Å². The van der Waals surface area contributed by atoms with Gasteiger partial charge in [-0.1, -0.05) is 47.5 Å². The number of likely N-dealkylation sites (N-methyl/N-ethyl adjacent to an activating group) is 1. The lowest BCUT2D eigenvalue weighted by atomic mass is 10.1. The summed E-state index contributed by atoms with van der Waals surface area (Å²) in [4.78, 5) is 27.2. The summed E-state index contributed by atoms with van der Waals surface area (Å²) < 4.78 is 2.34. The monoisotopic (exact) mass is 402 g/mol. The van der Waals surface area contributed by atoms with Crippen LogP contribution in [-0.4, -0.2) is 28.5 Å². The first-order valence-electron chi connectivity index (χ1n) is 8.51. The molecule has 0 fully saturated rings. The first-order chi connectivity index (χ1) is 12.1. The highest BCUT2D eigenvalue weighted by Gasteiger charge is 2.19. The molecule has 0 aliphatic rings. The topological polar surface area (TPSA) is 42.3 Å². The maximum Gasteiger partial charge on any atom is 0.270 e. The van der Waals surface area contributed by atoms with Crippen LogP contribution in [0.5, 0.6) is 0 Å². The predicted molar refractivity (Wildman–Crippen MR) is 106 cm³/mol. The van der Waals surface area contributed by atoms with E-state index in [4.69, 9.17) is 0 Å². The van der Waals surface area contributed by atoms with E-state index in [1.165, 1.54) is 10.6 Å². The van der Waals surface area contributed by atoms with E-state index in [0.29, 0.717) is 18.8 Å². The Labute approximate surface area is 156 Å². The second kappa shape index (κ2) is 9.37. The van der Waals surface area contributed by atoms with E-state index in [1.807, 2.05) is 31.2 Å². The molecule has 5 heteroatoms.